The Morgan fingerprint density at radius 2 is 1.56 bits per heavy atom. The number of anilines is 1. The zero-order valence-electron chi connectivity index (χ0n) is 20.4. The third-order valence-corrected chi connectivity index (χ3v) is 7.33. The van der Waals surface area contributed by atoms with Crippen LogP contribution in [-0.2, 0) is 14.4 Å². The number of likely N-dealkylation sites (tertiary alicyclic amines) is 2. The number of nitrogens with zero attached hydrogens (tertiary/aromatic N) is 2. The summed E-state index contributed by atoms with van der Waals surface area (Å²) in [5.74, 6) is -8.72. The highest BCUT2D eigenvalue weighted by Crippen LogP contribution is 2.42. The van der Waals surface area contributed by atoms with E-state index in [9.17, 15) is 45.5 Å². The smallest absolute Gasteiger partial charge is 0.393 e. The minimum Gasteiger partial charge on any atom is -0.481 e. The Morgan fingerprint density at radius 3 is 2.13 bits per heavy atom. The normalized spacial score (nSPS) is 22.4. The highest BCUT2D eigenvalue weighted by atomic mass is 79.9. The highest BCUT2D eigenvalue weighted by Gasteiger charge is 2.52. The van der Waals surface area contributed by atoms with Crippen LogP contribution in [0.4, 0.5) is 32.0 Å². The zero-order valence-corrected chi connectivity index (χ0v) is 22.0. The molecule has 0 aliphatic carbocycles. The molecule has 3 amide bonds. The van der Waals surface area contributed by atoms with Crippen LogP contribution in [-0.4, -0.2) is 77.1 Å². The second-order valence-electron chi connectivity index (χ2n) is 9.68. The van der Waals surface area contributed by atoms with E-state index in [1.165, 1.54) is 23.1 Å². The molecule has 2 saturated heterocycles. The van der Waals surface area contributed by atoms with E-state index >= 15 is 0 Å². The first kappa shape index (κ1) is 30.7. The summed E-state index contributed by atoms with van der Waals surface area (Å²) in [4.78, 5) is 51.3. The summed E-state index contributed by atoms with van der Waals surface area (Å²) >= 11 is 3.12. The fraction of sp³-hybridized carbons (Fsp3) is 0.583. The molecule has 3 rings (SSSR count). The van der Waals surface area contributed by atoms with E-state index in [-0.39, 0.29) is 30.6 Å². The Labute approximate surface area is 227 Å². The summed E-state index contributed by atoms with van der Waals surface area (Å²) in [6.45, 7) is -1.55. The van der Waals surface area contributed by atoms with Gasteiger partial charge in [0.15, 0.2) is 0 Å². The maximum atomic E-state index is 13.4. The molecule has 15 heteroatoms. The van der Waals surface area contributed by atoms with Crippen molar-refractivity contribution < 1.29 is 50.6 Å². The number of carbonyl (C=O) groups is 4. The molecule has 39 heavy (non-hydrogen) atoms. The van der Waals surface area contributed by atoms with Crippen molar-refractivity contribution in [2.24, 2.45) is 17.8 Å². The summed E-state index contributed by atoms with van der Waals surface area (Å²) < 4.78 is 80.5. The number of piperidine rings is 2. The van der Waals surface area contributed by atoms with Crippen molar-refractivity contribution >= 4 is 45.3 Å². The first-order valence-electron chi connectivity index (χ1n) is 12.1. The lowest BCUT2D eigenvalue weighted by Crippen LogP contribution is -2.51. The number of carbonyl (C=O) groups excluding carboxylic acids is 3. The van der Waals surface area contributed by atoms with Crippen LogP contribution in [0.25, 0.3) is 0 Å². The largest absolute Gasteiger partial charge is 0.481 e. The molecule has 0 aromatic heterocycles. The molecule has 216 valence electrons. The van der Waals surface area contributed by atoms with E-state index in [1.807, 2.05) is 0 Å². The quantitative estimate of drug-likeness (QED) is 0.444. The Morgan fingerprint density at radius 1 is 0.949 bits per heavy atom. The number of amides is 3. The van der Waals surface area contributed by atoms with Gasteiger partial charge in [-0.25, -0.2) is 0 Å². The molecule has 2 heterocycles. The van der Waals surface area contributed by atoms with Gasteiger partial charge in [-0.3, -0.25) is 19.2 Å². The van der Waals surface area contributed by atoms with Gasteiger partial charge in [0, 0.05) is 43.5 Å². The van der Waals surface area contributed by atoms with Crippen LogP contribution in [0.2, 0.25) is 0 Å². The van der Waals surface area contributed by atoms with Crippen molar-refractivity contribution in [3.8, 4) is 0 Å². The lowest BCUT2D eigenvalue weighted by molar-refractivity contribution is -0.227. The van der Waals surface area contributed by atoms with Crippen LogP contribution in [0.5, 0.6) is 0 Å². The molecular formula is C24H26BrF6N3O5. The predicted octanol–water partition coefficient (Wildman–Crippen LogP) is 4.69. The maximum Gasteiger partial charge on any atom is 0.393 e. The number of hydrogen-bond acceptors (Lipinski definition) is 4. The van der Waals surface area contributed by atoms with Gasteiger partial charge in [-0.2, -0.15) is 26.3 Å². The zero-order chi connectivity index (χ0) is 29.1. The fourth-order valence-electron chi connectivity index (χ4n) is 4.71. The highest BCUT2D eigenvalue weighted by molar-refractivity contribution is 9.10. The van der Waals surface area contributed by atoms with E-state index in [0.29, 0.717) is 28.8 Å². The topological polar surface area (TPSA) is 107 Å². The maximum absolute atomic E-state index is 13.4. The first-order chi connectivity index (χ1) is 18.1. The summed E-state index contributed by atoms with van der Waals surface area (Å²) in [6.07, 6.45) is -10.7. The number of rotatable bonds is 6. The SMILES string of the molecule is O=C(CCC(=O)N1CCCC(C(=O)O)C1)Nc1ccc(Br)cc1C(=O)N1C[C@H](C(F)(F)F)C[C@H](C(F)(F)F)C1. The van der Waals surface area contributed by atoms with Crippen LogP contribution in [0, 0.1) is 17.8 Å². The van der Waals surface area contributed by atoms with E-state index in [1.54, 1.807) is 0 Å². The van der Waals surface area contributed by atoms with Crippen molar-refractivity contribution in [2.75, 3.05) is 31.5 Å². The molecule has 0 saturated carbocycles. The summed E-state index contributed by atoms with van der Waals surface area (Å²) in [7, 11) is 0. The average Bonchev–Trinajstić information content (AvgIpc) is 2.86. The third-order valence-electron chi connectivity index (χ3n) is 6.84. The van der Waals surface area contributed by atoms with E-state index in [4.69, 9.17) is 5.11 Å². The summed E-state index contributed by atoms with van der Waals surface area (Å²) in [5.41, 5.74) is -0.449. The molecule has 3 atom stereocenters. The van der Waals surface area contributed by atoms with Crippen molar-refractivity contribution in [2.45, 2.75) is 44.5 Å². The van der Waals surface area contributed by atoms with E-state index in [0.717, 1.165) is 0 Å². The Bertz CT molecular complexity index is 1090. The second-order valence-corrected chi connectivity index (χ2v) is 10.6. The molecule has 1 aromatic rings. The van der Waals surface area contributed by atoms with Crippen LogP contribution >= 0.6 is 15.9 Å². The van der Waals surface area contributed by atoms with E-state index < -0.39 is 73.3 Å². The van der Waals surface area contributed by atoms with Crippen molar-refractivity contribution in [3.63, 3.8) is 0 Å². The minimum atomic E-state index is -4.94. The predicted molar refractivity (Wildman–Crippen MR) is 129 cm³/mol. The number of carboxylic acid groups (broad SMARTS) is 1. The van der Waals surface area contributed by atoms with Crippen LogP contribution in [0.15, 0.2) is 22.7 Å². The van der Waals surface area contributed by atoms with Gasteiger partial charge in [0.1, 0.15) is 0 Å². The molecule has 2 fully saturated rings. The van der Waals surface area contributed by atoms with E-state index in [2.05, 4.69) is 21.2 Å². The Kier molecular flexibility index (Phi) is 9.55. The number of nitrogens with one attached hydrogen (secondary N) is 1. The molecule has 2 aliphatic heterocycles. The van der Waals surface area contributed by atoms with Gasteiger partial charge in [-0.1, -0.05) is 15.9 Å². The molecular weight excluding hydrogens is 604 g/mol. The van der Waals surface area contributed by atoms with Gasteiger partial charge in [0.05, 0.1) is 29.0 Å². The monoisotopic (exact) mass is 629 g/mol. The standard InChI is InChI=1S/C24H26BrF6N3O5/c25-16-3-4-18(32-19(35)5-6-20(36)33-7-1-2-13(10-33)22(38)39)17(9-16)21(37)34-11-14(23(26,27)28)8-15(12-34)24(29,30)31/h3-4,9,13-15H,1-2,5-8,10-12H2,(H,32,35)(H,38,39)/t13?,14-,15+. The number of halogens is 7. The van der Waals surface area contributed by atoms with Crippen molar-refractivity contribution in [3.05, 3.63) is 28.2 Å². The van der Waals surface area contributed by atoms with Crippen LogP contribution < -0.4 is 5.32 Å². The Balaban J connectivity index is 1.71. The third kappa shape index (κ3) is 8.08. The lowest BCUT2D eigenvalue weighted by atomic mass is 9.87. The lowest BCUT2D eigenvalue weighted by Gasteiger charge is -2.39. The van der Waals surface area contributed by atoms with Crippen molar-refractivity contribution in [1.29, 1.82) is 0 Å². The molecule has 2 N–H and O–H groups in total. The molecule has 2 aliphatic rings. The number of benzene rings is 1. The minimum absolute atomic E-state index is 0.0226. The number of carboxylic acids is 1. The molecule has 8 nitrogen and oxygen atoms in total. The molecule has 1 aromatic carbocycles. The Hall–Kier alpha value is -2.84. The van der Waals surface area contributed by atoms with Gasteiger partial charge in [-0.15, -0.1) is 0 Å². The van der Waals surface area contributed by atoms with Crippen molar-refractivity contribution in [1.82, 2.24) is 9.80 Å². The van der Waals surface area contributed by atoms with Gasteiger partial charge in [0.2, 0.25) is 11.8 Å². The van der Waals surface area contributed by atoms with Gasteiger partial charge in [-0.05, 0) is 37.5 Å². The molecule has 1 unspecified atom stereocenters. The molecule has 0 radical (unpaired) electrons. The summed E-state index contributed by atoms with van der Waals surface area (Å²) in [5, 5.41) is 11.6. The van der Waals surface area contributed by atoms with Crippen LogP contribution in [0.3, 0.4) is 0 Å². The average molecular weight is 630 g/mol. The molecule has 0 spiro atoms. The second kappa shape index (κ2) is 12.1. The van der Waals surface area contributed by atoms with Gasteiger partial charge in [0.25, 0.3) is 5.91 Å². The summed E-state index contributed by atoms with van der Waals surface area (Å²) in [6, 6.07) is 3.87. The number of hydrogen-bond donors (Lipinski definition) is 2. The van der Waals surface area contributed by atoms with Gasteiger partial charge < -0.3 is 20.2 Å². The number of aliphatic carboxylic acids is 1. The van der Waals surface area contributed by atoms with Gasteiger partial charge >= 0.3 is 18.3 Å². The fourth-order valence-corrected chi connectivity index (χ4v) is 5.07. The van der Waals surface area contributed by atoms with Crippen LogP contribution in [0.1, 0.15) is 42.5 Å². The molecule has 0 bridgehead atoms. The first-order valence-corrected chi connectivity index (χ1v) is 12.9. The number of alkyl halides is 6.